The molecule has 0 aliphatic carbocycles. The first-order valence-electron chi connectivity index (χ1n) is 6.46. The maximum Gasteiger partial charge on any atom is 0.324 e. The van der Waals surface area contributed by atoms with Crippen molar-refractivity contribution in [3.05, 3.63) is 35.6 Å². The maximum absolute atomic E-state index is 13.2. The number of nitrogens with one attached hydrogen (secondary N) is 1. The van der Waals surface area contributed by atoms with Crippen LogP contribution in [0.2, 0.25) is 0 Å². The van der Waals surface area contributed by atoms with E-state index < -0.39 is 11.5 Å². The van der Waals surface area contributed by atoms with Crippen molar-refractivity contribution >= 4 is 5.97 Å². The van der Waals surface area contributed by atoms with E-state index in [4.69, 9.17) is 0 Å². The lowest BCUT2D eigenvalue weighted by Gasteiger charge is -2.40. The standard InChI is InChI=1S/C14H19FN2O2/c1-14(13(18)19,17-7-5-16-6-8-17)10-11-3-2-4-12(15)9-11/h2-4,9,16H,5-8,10H2,1H3,(H,18,19). The fourth-order valence-corrected chi connectivity index (χ4v) is 2.53. The summed E-state index contributed by atoms with van der Waals surface area (Å²) in [5, 5.41) is 12.8. The van der Waals surface area contributed by atoms with E-state index in [0.717, 1.165) is 13.1 Å². The lowest BCUT2D eigenvalue weighted by Crippen LogP contribution is -2.59. The van der Waals surface area contributed by atoms with Crippen molar-refractivity contribution in [2.24, 2.45) is 0 Å². The highest BCUT2D eigenvalue weighted by atomic mass is 19.1. The van der Waals surface area contributed by atoms with Crippen LogP contribution in [0.5, 0.6) is 0 Å². The number of benzene rings is 1. The first-order valence-corrected chi connectivity index (χ1v) is 6.46. The highest BCUT2D eigenvalue weighted by Crippen LogP contribution is 2.22. The van der Waals surface area contributed by atoms with Gasteiger partial charge >= 0.3 is 5.97 Å². The first-order chi connectivity index (χ1) is 9.02. The molecule has 0 aromatic heterocycles. The summed E-state index contributed by atoms with van der Waals surface area (Å²) in [6, 6.07) is 6.16. The largest absolute Gasteiger partial charge is 0.480 e. The summed E-state index contributed by atoms with van der Waals surface area (Å²) in [6.45, 7) is 4.67. The van der Waals surface area contributed by atoms with E-state index in [1.54, 1.807) is 19.1 Å². The van der Waals surface area contributed by atoms with Gasteiger partial charge in [-0.05, 0) is 24.6 Å². The van der Waals surface area contributed by atoms with Gasteiger partial charge in [0.1, 0.15) is 11.4 Å². The van der Waals surface area contributed by atoms with Gasteiger partial charge in [0.2, 0.25) is 0 Å². The van der Waals surface area contributed by atoms with Crippen molar-refractivity contribution in [3.8, 4) is 0 Å². The van der Waals surface area contributed by atoms with Crippen LogP contribution in [0.3, 0.4) is 0 Å². The summed E-state index contributed by atoms with van der Waals surface area (Å²) in [6.07, 6.45) is 0.306. The second-order valence-corrected chi connectivity index (χ2v) is 5.12. The normalized spacial score (nSPS) is 19.9. The molecule has 0 spiro atoms. The zero-order valence-corrected chi connectivity index (χ0v) is 11.0. The van der Waals surface area contributed by atoms with E-state index in [9.17, 15) is 14.3 Å². The smallest absolute Gasteiger partial charge is 0.324 e. The molecule has 104 valence electrons. The summed E-state index contributed by atoms with van der Waals surface area (Å²) in [5.74, 6) is -1.19. The van der Waals surface area contributed by atoms with Crippen LogP contribution in [0.1, 0.15) is 12.5 Å². The molecule has 0 bridgehead atoms. The minimum atomic E-state index is -0.990. The molecule has 1 fully saturated rings. The van der Waals surface area contributed by atoms with Crippen LogP contribution in [-0.2, 0) is 11.2 Å². The lowest BCUT2D eigenvalue weighted by atomic mass is 9.90. The number of aliphatic carboxylic acids is 1. The number of carboxylic acid groups (broad SMARTS) is 1. The number of carboxylic acids is 1. The molecule has 0 radical (unpaired) electrons. The van der Waals surface area contributed by atoms with Crippen LogP contribution < -0.4 is 5.32 Å². The van der Waals surface area contributed by atoms with Crippen molar-refractivity contribution < 1.29 is 14.3 Å². The van der Waals surface area contributed by atoms with Gasteiger partial charge in [0.05, 0.1) is 0 Å². The molecule has 0 saturated carbocycles. The van der Waals surface area contributed by atoms with Gasteiger partial charge in [0.25, 0.3) is 0 Å². The Labute approximate surface area is 112 Å². The second-order valence-electron chi connectivity index (χ2n) is 5.12. The third-order valence-corrected chi connectivity index (χ3v) is 3.71. The summed E-state index contributed by atoms with van der Waals surface area (Å²) >= 11 is 0. The maximum atomic E-state index is 13.2. The Bertz CT molecular complexity index is 461. The molecule has 1 aliphatic heterocycles. The number of piperazine rings is 1. The molecule has 2 rings (SSSR count). The third-order valence-electron chi connectivity index (χ3n) is 3.71. The highest BCUT2D eigenvalue weighted by Gasteiger charge is 2.40. The van der Waals surface area contributed by atoms with Crippen LogP contribution >= 0.6 is 0 Å². The number of rotatable bonds is 4. The van der Waals surface area contributed by atoms with Crippen molar-refractivity contribution in [2.45, 2.75) is 18.9 Å². The number of hydrogen-bond donors (Lipinski definition) is 2. The summed E-state index contributed by atoms with van der Waals surface area (Å²) in [7, 11) is 0. The zero-order chi connectivity index (χ0) is 13.9. The molecule has 19 heavy (non-hydrogen) atoms. The Balaban J connectivity index is 2.21. The van der Waals surface area contributed by atoms with E-state index in [1.165, 1.54) is 12.1 Å². The lowest BCUT2D eigenvalue weighted by molar-refractivity contribution is -0.151. The Morgan fingerprint density at radius 3 is 2.74 bits per heavy atom. The second kappa shape index (κ2) is 5.67. The first kappa shape index (κ1) is 14.0. The average Bonchev–Trinajstić information content (AvgIpc) is 2.39. The highest BCUT2D eigenvalue weighted by molar-refractivity contribution is 5.78. The van der Waals surface area contributed by atoms with Gasteiger partial charge in [0, 0.05) is 32.6 Å². The number of hydrogen-bond acceptors (Lipinski definition) is 3. The SMILES string of the molecule is CC(Cc1cccc(F)c1)(C(=O)O)N1CCNCC1. The Hall–Kier alpha value is -1.46. The molecule has 1 aliphatic rings. The van der Waals surface area contributed by atoms with E-state index in [1.807, 2.05) is 4.90 Å². The van der Waals surface area contributed by atoms with Crippen LogP contribution in [0.15, 0.2) is 24.3 Å². The minimum Gasteiger partial charge on any atom is -0.480 e. The molecule has 1 aromatic carbocycles. The number of carbonyl (C=O) groups is 1. The molecule has 0 amide bonds. The summed E-state index contributed by atoms with van der Waals surface area (Å²) < 4.78 is 13.2. The van der Waals surface area contributed by atoms with Gasteiger partial charge in [-0.15, -0.1) is 0 Å². The quantitative estimate of drug-likeness (QED) is 0.857. The van der Waals surface area contributed by atoms with Gasteiger partial charge < -0.3 is 10.4 Å². The molecular formula is C14H19FN2O2. The molecule has 1 aromatic rings. The molecular weight excluding hydrogens is 247 g/mol. The van der Waals surface area contributed by atoms with Crippen LogP contribution in [0.25, 0.3) is 0 Å². The Kier molecular flexibility index (Phi) is 4.17. The molecule has 2 N–H and O–H groups in total. The number of nitrogens with zero attached hydrogens (tertiary/aromatic N) is 1. The minimum absolute atomic E-state index is 0.306. The van der Waals surface area contributed by atoms with Crippen molar-refractivity contribution in [3.63, 3.8) is 0 Å². The van der Waals surface area contributed by atoms with E-state index >= 15 is 0 Å². The Morgan fingerprint density at radius 1 is 1.47 bits per heavy atom. The fourth-order valence-electron chi connectivity index (χ4n) is 2.53. The average molecular weight is 266 g/mol. The Morgan fingerprint density at radius 2 is 2.16 bits per heavy atom. The summed E-state index contributed by atoms with van der Waals surface area (Å²) in [5.41, 5.74) is -0.279. The van der Waals surface area contributed by atoms with Gasteiger partial charge in [0.15, 0.2) is 0 Å². The molecule has 1 unspecified atom stereocenters. The van der Waals surface area contributed by atoms with E-state index in [-0.39, 0.29) is 5.82 Å². The van der Waals surface area contributed by atoms with Crippen molar-refractivity contribution in [1.82, 2.24) is 10.2 Å². The van der Waals surface area contributed by atoms with Crippen LogP contribution in [-0.4, -0.2) is 47.7 Å². The molecule has 1 atom stereocenters. The van der Waals surface area contributed by atoms with E-state index in [0.29, 0.717) is 25.1 Å². The van der Waals surface area contributed by atoms with E-state index in [2.05, 4.69) is 5.32 Å². The predicted molar refractivity (Wildman–Crippen MR) is 70.6 cm³/mol. The fraction of sp³-hybridized carbons (Fsp3) is 0.500. The van der Waals surface area contributed by atoms with Crippen LogP contribution in [0, 0.1) is 5.82 Å². The zero-order valence-electron chi connectivity index (χ0n) is 11.0. The van der Waals surface area contributed by atoms with Gasteiger partial charge in [-0.1, -0.05) is 12.1 Å². The molecule has 1 saturated heterocycles. The molecule has 4 nitrogen and oxygen atoms in total. The van der Waals surface area contributed by atoms with Crippen molar-refractivity contribution in [2.75, 3.05) is 26.2 Å². The number of halogens is 1. The predicted octanol–water partition coefficient (Wildman–Crippen LogP) is 1.12. The molecule has 1 heterocycles. The molecule has 5 heteroatoms. The monoisotopic (exact) mass is 266 g/mol. The summed E-state index contributed by atoms with van der Waals surface area (Å²) in [4.78, 5) is 13.6. The van der Waals surface area contributed by atoms with Crippen LogP contribution in [0.4, 0.5) is 4.39 Å². The van der Waals surface area contributed by atoms with Crippen molar-refractivity contribution in [1.29, 1.82) is 0 Å². The van der Waals surface area contributed by atoms with Gasteiger partial charge in [-0.3, -0.25) is 9.69 Å². The topological polar surface area (TPSA) is 52.6 Å². The third kappa shape index (κ3) is 3.11. The van der Waals surface area contributed by atoms with Gasteiger partial charge in [-0.2, -0.15) is 0 Å². The van der Waals surface area contributed by atoms with Gasteiger partial charge in [-0.25, -0.2) is 4.39 Å².